The molecular formula is C14H17N3O3. The van der Waals surface area contributed by atoms with E-state index in [2.05, 4.69) is 10.1 Å². The number of hydrogen-bond acceptors (Lipinski definition) is 4. The van der Waals surface area contributed by atoms with Crippen LogP contribution in [0.1, 0.15) is 40.4 Å². The lowest BCUT2D eigenvalue weighted by molar-refractivity contribution is 0.0735. The second-order valence-corrected chi connectivity index (χ2v) is 4.83. The summed E-state index contributed by atoms with van der Waals surface area (Å²) in [5, 5.41) is 3.82. The second-order valence-electron chi connectivity index (χ2n) is 4.83. The molecule has 20 heavy (non-hydrogen) atoms. The summed E-state index contributed by atoms with van der Waals surface area (Å²) >= 11 is 0. The highest BCUT2D eigenvalue weighted by Crippen LogP contribution is 2.18. The summed E-state index contributed by atoms with van der Waals surface area (Å²) in [6.07, 6.45) is 1.45. The van der Waals surface area contributed by atoms with E-state index in [0.29, 0.717) is 11.4 Å². The lowest BCUT2D eigenvalue weighted by atomic mass is 10.1. The summed E-state index contributed by atoms with van der Waals surface area (Å²) in [5.41, 5.74) is 1.83. The molecule has 2 aromatic heterocycles. The van der Waals surface area contributed by atoms with Gasteiger partial charge in [0.05, 0.1) is 6.04 Å². The number of amides is 1. The Morgan fingerprint density at radius 1 is 1.45 bits per heavy atom. The zero-order valence-electron chi connectivity index (χ0n) is 11.9. The van der Waals surface area contributed by atoms with Crippen molar-refractivity contribution in [3.63, 3.8) is 0 Å². The molecule has 0 saturated heterocycles. The van der Waals surface area contributed by atoms with E-state index in [1.807, 2.05) is 6.92 Å². The van der Waals surface area contributed by atoms with Gasteiger partial charge in [-0.2, -0.15) is 0 Å². The Hall–Kier alpha value is -2.37. The molecule has 0 bridgehead atoms. The predicted octanol–water partition coefficient (Wildman–Crippen LogP) is 1.81. The maximum absolute atomic E-state index is 12.5. The average molecular weight is 275 g/mol. The molecule has 0 aromatic carbocycles. The highest BCUT2D eigenvalue weighted by Gasteiger charge is 2.24. The lowest BCUT2D eigenvalue weighted by Crippen LogP contribution is -2.34. The number of carbonyl (C=O) groups is 1. The van der Waals surface area contributed by atoms with Gasteiger partial charge in [-0.25, -0.2) is 0 Å². The van der Waals surface area contributed by atoms with Gasteiger partial charge in [0, 0.05) is 30.6 Å². The molecule has 6 heteroatoms. The molecule has 0 unspecified atom stereocenters. The van der Waals surface area contributed by atoms with Crippen LogP contribution >= 0.6 is 0 Å². The van der Waals surface area contributed by atoms with E-state index in [1.165, 1.54) is 17.2 Å². The summed E-state index contributed by atoms with van der Waals surface area (Å²) in [4.78, 5) is 29.0. The van der Waals surface area contributed by atoms with E-state index in [4.69, 9.17) is 4.52 Å². The molecule has 1 atom stereocenters. The maximum Gasteiger partial charge on any atom is 0.259 e. The van der Waals surface area contributed by atoms with Gasteiger partial charge in [-0.1, -0.05) is 5.16 Å². The van der Waals surface area contributed by atoms with Crippen LogP contribution in [0.2, 0.25) is 0 Å². The van der Waals surface area contributed by atoms with Crippen molar-refractivity contribution in [1.82, 2.24) is 15.0 Å². The van der Waals surface area contributed by atoms with Gasteiger partial charge in [0.2, 0.25) is 0 Å². The van der Waals surface area contributed by atoms with Crippen LogP contribution in [0.3, 0.4) is 0 Å². The molecule has 0 saturated carbocycles. The largest absolute Gasteiger partial charge is 0.364 e. The van der Waals surface area contributed by atoms with Gasteiger partial charge < -0.3 is 14.4 Å². The van der Waals surface area contributed by atoms with Crippen molar-refractivity contribution in [3.05, 3.63) is 51.3 Å². The predicted molar refractivity (Wildman–Crippen MR) is 73.5 cm³/mol. The van der Waals surface area contributed by atoms with Crippen molar-refractivity contribution in [2.45, 2.75) is 26.8 Å². The Labute approximate surface area is 116 Å². The Kier molecular flexibility index (Phi) is 3.74. The van der Waals surface area contributed by atoms with Crippen LogP contribution in [0.15, 0.2) is 27.7 Å². The average Bonchev–Trinajstić information content (AvgIpc) is 2.89. The first-order valence-electron chi connectivity index (χ1n) is 6.29. The van der Waals surface area contributed by atoms with Crippen LogP contribution in [0.4, 0.5) is 0 Å². The van der Waals surface area contributed by atoms with Gasteiger partial charge in [-0.15, -0.1) is 0 Å². The smallest absolute Gasteiger partial charge is 0.259 e. The van der Waals surface area contributed by atoms with Gasteiger partial charge in [0.25, 0.3) is 5.91 Å². The standard InChI is InChI=1S/C14H17N3O3/c1-8-7-12(18)13(9(2)15-8)14(19)17(4)10(3)11-5-6-20-16-11/h5-7,10H,1-4H3,(H,15,18)/t10-/m1/s1. The summed E-state index contributed by atoms with van der Waals surface area (Å²) in [6, 6.07) is 2.84. The molecule has 1 N–H and O–H groups in total. The van der Waals surface area contributed by atoms with E-state index in [-0.39, 0.29) is 22.9 Å². The third-order valence-corrected chi connectivity index (χ3v) is 3.35. The molecular weight excluding hydrogens is 258 g/mol. The van der Waals surface area contributed by atoms with E-state index in [0.717, 1.165) is 5.69 Å². The first-order chi connectivity index (χ1) is 9.41. The zero-order chi connectivity index (χ0) is 14.9. The van der Waals surface area contributed by atoms with Crippen molar-refractivity contribution in [2.24, 2.45) is 0 Å². The van der Waals surface area contributed by atoms with Gasteiger partial charge in [-0.05, 0) is 20.8 Å². The molecule has 0 aliphatic heterocycles. The van der Waals surface area contributed by atoms with Gasteiger partial charge in [0.1, 0.15) is 17.5 Å². The topological polar surface area (TPSA) is 79.2 Å². The molecule has 0 fully saturated rings. The Balaban J connectivity index is 2.35. The fourth-order valence-corrected chi connectivity index (χ4v) is 2.10. The van der Waals surface area contributed by atoms with Crippen LogP contribution in [-0.4, -0.2) is 28.0 Å². The van der Waals surface area contributed by atoms with Crippen molar-refractivity contribution >= 4 is 5.91 Å². The highest BCUT2D eigenvalue weighted by atomic mass is 16.5. The Morgan fingerprint density at radius 2 is 2.15 bits per heavy atom. The van der Waals surface area contributed by atoms with E-state index < -0.39 is 0 Å². The number of aromatic nitrogens is 2. The number of pyridine rings is 1. The number of aryl methyl sites for hydroxylation is 2. The minimum Gasteiger partial charge on any atom is -0.364 e. The van der Waals surface area contributed by atoms with Crippen molar-refractivity contribution in [1.29, 1.82) is 0 Å². The highest BCUT2D eigenvalue weighted by molar-refractivity contribution is 5.95. The third-order valence-electron chi connectivity index (χ3n) is 3.35. The number of carbonyl (C=O) groups excluding carboxylic acids is 1. The van der Waals surface area contributed by atoms with Crippen molar-refractivity contribution in [3.8, 4) is 0 Å². The molecule has 2 aromatic rings. The Morgan fingerprint density at radius 3 is 2.70 bits per heavy atom. The molecule has 0 aliphatic rings. The quantitative estimate of drug-likeness (QED) is 0.926. The first-order valence-corrected chi connectivity index (χ1v) is 6.29. The number of H-pyrrole nitrogens is 1. The summed E-state index contributed by atoms with van der Waals surface area (Å²) in [5.74, 6) is -0.334. The molecule has 6 nitrogen and oxygen atoms in total. The van der Waals surface area contributed by atoms with Gasteiger partial charge in [0.15, 0.2) is 5.43 Å². The molecule has 2 rings (SSSR count). The molecule has 0 radical (unpaired) electrons. The van der Waals surface area contributed by atoms with Crippen molar-refractivity contribution in [2.75, 3.05) is 7.05 Å². The fraction of sp³-hybridized carbons (Fsp3) is 0.357. The molecule has 1 amide bonds. The van der Waals surface area contributed by atoms with Gasteiger partial charge >= 0.3 is 0 Å². The number of aromatic amines is 1. The molecule has 0 aliphatic carbocycles. The van der Waals surface area contributed by atoms with Crippen LogP contribution < -0.4 is 5.43 Å². The van der Waals surface area contributed by atoms with Crippen LogP contribution in [-0.2, 0) is 0 Å². The van der Waals surface area contributed by atoms with E-state index in [1.54, 1.807) is 27.0 Å². The maximum atomic E-state index is 12.5. The monoisotopic (exact) mass is 275 g/mol. The zero-order valence-corrected chi connectivity index (χ0v) is 11.9. The second kappa shape index (κ2) is 5.32. The molecule has 0 spiro atoms. The van der Waals surface area contributed by atoms with Crippen LogP contribution in [0, 0.1) is 13.8 Å². The van der Waals surface area contributed by atoms with Crippen molar-refractivity contribution < 1.29 is 9.32 Å². The molecule has 2 heterocycles. The fourth-order valence-electron chi connectivity index (χ4n) is 2.10. The third kappa shape index (κ3) is 2.49. The number of nitrogens with zero attached hydrogens (tertiary/aromatic N) is 2. The minimum absolute atomic E-state index is 0.161. The number of rotatable bonds is 3. The minimum atomic E-state index is -0.334. The van der Waals surface area contributed by atoms with E-state index in [9.17, 15) is 9.59 Å². The van der Waals surface area contributed by atoms with Gasteiger partial charge in [-0.3, -0.25) is 9.59 Å². The summed E-state index contributed by atoms with van der Waals surface area (Å²) in [7, 11) is 1.64. The Bertz CT molecular complexity index is 673. The lowest BCUT2D eigenvalue weighted by Gasteiger charge is -2.23. The molecule has 106 valence electrons. The summed E-state index contributed by atoms with van der Waals surface area (Å²) in [6.45, 7) is 5.33. The van der Waals surface area contributed by atoms with Crippen LogP contribution in [0.25, 0.3) is 0 Å². The first kappa shape index (κ1) is 14.0. The SMILES string of the molecule is Cc1cc(=O)c(C(=O)N(C)[C@H](C)c2ccon2)c(C)[nH]1. The number of hydrogen-bond donors (Lipinski definition) is 1. The summed E-state index contributed by atoms with van der Waals surface area (Å²) < 4.78 is 4.78. The normalized spacial score (nSPS) is 12.2. The van der Waals surface area contributed by atoms with E-state index >= 15 is 0 Å². The van der Waals surface area contributed by atoms with Crippen LogP contribution in [0.5, 0.6) is 0 Å². The number of nitrogens with one attached hydrogen (secondary N) is 1.